The third-order valence-electron chi connectivity index (χ3n) is 3.13. The van der Waals surface area contributed by atoms with Gasteiger partial charge in [0.25, 0.3) is 0 Å². The fraction of sp³-hybridized carbons (Fsp3) is 0.188. The molecule has 0 aromatic heterocycles. The number of methoxy groups -OCH3 is 1. The zero-order valence-electron chi connectivity index (χ0n) is 10.9. The molecule has 0 heterocycles. The summed E-state index contributed by atoms with van der Waals surface area (Å²) < 4.78 is 19.2. The number of rotatable bonds is 3. The minimum atomic E-state index is -0.617. The Bertz CT molecular complexity index is 579. The quantitative estimate of drug-likeness (QED) is 0.783. The van der Waals surface area contributed by atoms with Crippen molar-refractivity contribution in [1.82, 2.24) is 0 Å². The van der Waals surface area contributed by atoms with Gasteiger partial charge in [-0.3, -0.25) is 4.79 Å². The Morgan fingerprint density at radius 3 is 2.42 bits per heavy atom. The molecule has 2 aromatic carbocycles. The van der Waals surface area contributed by atoms with Gasteiger partial charge in [-0.2, -0.15) is 0 Å². The van der Waals surface area contributed by atoms with E-state index in [2.05, 4.69) is 4.74 Å². The van der Waals surface area contributed by atoms with Gasteiger partial charge < -0.3 is 4.74 Å². The Morgan fingerprint density at radius 1 is 1.11 bits per heavy atom. The number of carbonyl (C=O) groups excluding carboxylic acids is 1. The van der Waals surface area contributed by atoms with Crippen LogP contribution in [0.1, 0.15) is 18.4 Å². The minimum Gasteiger partial charge on any atom is -0.469 e. The van der Waals surface area contributed by atoms with Crippen LogP contribution in [0.3, 0.4) is 0 Å². The maximum Gasteiger partial charge on any atom is 0.312 e. The molecule has 0 saturated carbocycles. The fourth-order valence-electron chi connectivity index (χ4n) is 2.03. The highest BCUT2D eigenvalue weighted by Crippen LogP contribution is 2.29. The first-order valence-corrected chi connectivity index (χ1v) is 6.06. The van der Waals surface area contributed by atoms with E-state index < -0.39 is 11.9 Å². The molecule has 0 radical (unpaired) electrons. The largest absolute Gasteiger partial charge is 0.469 e. The van der Waals surface area contributed by atoms with Crippen molar-refractivity contribution in [1.29, 1.82) is 0 Å². The van der Waals surface area contributed by atoms with Gasteiger partial charge in [0.05, 0.1) is 13.0 Å². The summed E-state index contributed by atoms with van der Waals surface area (Å²) in [4.78, 5) is 11.5. The van der Waals surface area contributed by atoms with Crippen LogP contribution in [-0.2, 0) is 9.53 Å². The lowest BCUT2D eigenvalue weighted by Gasteiger charge is -2.13. The zero-order valence-corrected chi connectivity index (χ0v) is 10.9. The van der Waals surface area contributed by atoms with Crippen molar-refractivity contribution in [2.24, 2.45) is 0 Å². The molecule has 1 unspecified atom stereocenters. The van der Waals surface area contributed by atoms with Gasteiger partial charge in [0.15, 0.2) is 0 Å². The van der Waals surface area contributed by atoms with E-state index in [-0.39, 0.29) is 5.82 Å². The second-order valence-electron chi connectivity index (χ2n) is 4.32. The van der Waals surface area contributed by atoms with Crippen molar-refractivity contribution >= 4 is 5.97 Å². The predicted octanol–water partition coefficient (Wildman–Crippen LogP) is 3.77. The van der Waals surface area contributed by atoms with Crippen molar-refractivity contribution in [3.63, 3.8) is 0 Å². The summed E-state index contributed by atoms with van der Waals surface area (Å²) in [5.41, 5.74) is 1.64. The number of halogens is 1. The SMILES string of the molecule is COC(=O)C(C)c1cccc(-c2ccccc2)c1F. The summed E-state index contributed by atoms with van der Waals surface area (Å²) >= 11 is 0. The van der Waals surface area contributed by atoms with E-state index in [4.69, 9.17) is 0 Å². The van der Waals surface area contributed by atoms with Gasteiger partial charge in [0.1, 0.15) is 5.82 Å². The monoisotopic (exact) mass is 258 g/mol. The molecule has 0 spiro atoms. The summed E-state index contributed by atoms with van der Waals surface area (Å²) in [6.07, 6.45) is 0. The fourth-order valence-corrected chi connectivity index (χ4v) is 2.03. The van der Waals surface area contributed by atoms with E-state index >= 15 is 0 Å². The van der Waals surface area contributed by atoms with Crippen LogP contribution in [0.15, 0.2) is 48.5 Å². The maximum absolute atomic E-state index is 14.5. The minimum absolute atomic E-state index is 0.355. The first kappa shape index (κ1) is 13.3. The number of hydrogen-bond acceptors (Lipinski definition) is 2. The molecule has 0 aliphatic carbocycles. The molecule has 3 heteroatoms. The summed E-state index contributed by atoms with van der Waals surface area (Å²) in [7, 11) is 1.30. The van der Waals surface area contributed by atoms with Crippen LogP contribution < -0.4 is 0 Å². The molecule has 0 N–H and O–H groups in total. The number of carbonyl (C=O) groups is 1. The average Bonchev–Trinajstić information content (AvgIpc) is 2.47. The predicted molar refractivity (Wildman–Crippen MR) is 72.3 cm³/mol. The normalized spacial score (nSPS) is 11.9. The van der Waals surface area contributed by atoms with E-state index in [0.29, 0.717) is 11.1 Å². The summed E-state index contributed by atoms with van der Waals surface area (Å²) in [6.45, 7) is 1.64. The van der Waals surface area contributed by atoms with Crippen molar-refractivity contribution in [2.75, 3.05) is 7.11 Å². The topological polar surface area (TPSA) is 26.3 Å². The maximum atomic E-state index is 14.5. The first-order chi connectivity index (χ1) is 9.15. The van der Waals surface area contributed by atoms with E-state index in [1.165, 1.54) is 7.11 Å². The Hall–Kier alpha value is -2.16. The van der Waals surface area contributed by atoms with Crippen molar-refractivity contribution in [2.45, 2.75) is 12.8 Å². The van der Waals surface area contributed by atoms with Crippen molar-refractivity contribution in [3.05, 3.63) is 59.9 Å². The molecule has 1 atom stereocenters. The third kappa shape index (κ3) is 2.65. The first-order valence-electron chi connectivity index (χ1n) is 6.06. The highest BCUT2D eigenvalue weighted by atomic mass is 19.1. The summed E-state index contributed by atoms with van der Waals surface area (Å²) in [6, 6.07) is 14.3. The third-order valence-corrected chi connectivity index (χ3v) is 3.13. The molecule has 2 rings (SSSR count). The van der Waals surface area contributed by atoms with Crippen LogP contribution in [-0.4, -0.2) is 13.1 Å². The smallest absolute Gasteiger partial charge is 0.312 e. The summed E-state index contributed by atoms with van der Waals surface area (Å²) in [5.74, 6) is -1.43. The molecule has 0 amide bonds. The second-order valence-corrected chi connectivity index (χ2v) is 4.32. The standard InChI is InChI=1S/C16H15FO2/c1-11(16(18)19-2)13-9-6-10-14(15(13)17)12-7-4-3-5-8-12/h3-11H,1-2H3. The number of benzene rings is 2. The van der Waals surface area contributed by atoms with Crippen LogP contribution in [0.2, 0.25) is 0 Å². The molecule has 0 fully saturated rings. The van der Waals surface area contributed by atoms with Crippen LogP contribution in [0, 0.1) is 5.82 Å². The van der Waals surface area contributed by atoms with Gasteiger partial charge in [-0.15, -0.1) is 0 Å². The molecule has 0 aliphatic rings. The molecular formula is C16H15FO2. The summed E-state index contributed by atoms with van der Waals surface area (Å²) in [5, 5.41) is 0. The van der Waals surface area contributed by atoms with Crippen LogP contribution in [0.4, 0.5) is 4.39 Å². The van der Waals surface area contributed by atoms with Crippen molar-refractivity contribution in [3.8, 4) is 11.1 Å². The molecule has 2 aromatic rings. The zero-order chi connectivity index (χ0) is 13.8. The number of ether oxygens (including phenoxy) is 1. The van der Waals surface area contributed by atoms with Gasteiger partial charge in [-0.1, -0.05) is 48.5 Å². The molecule has 0 saturated heterocycles. The Labute approximate surface area is 111 Å². The van der Waals surface area contributed by atoms with Gasteiger partial charge in [-0.05, 0) is 12.5 Å². The molecule has 0 aliphatic heterocycles. The lowest BCUT2D eigenvalue weighted by Crippen LogP contribution is -2.12. The number of esters is 1. The van der Waals surface area contributed by atoms with E-state index in [1.54, 1.807) is 25.1 Å². The Kier molecular flexibility index (Phi) is 3.95. The number of hydrogen-bond donors (Lipinski definition) is 0. The van der Waals surface area contributed by atoms with Gasteiger partial charge in [0, 0.05) is 11.1 Å². The Morgan fingerprint density at radius 2 is 1.79 bits per heavy atom. The molecule has 2 nitrogen and oxygen atoms in total. The molecular weight excluding hydrogens is 243 g/mol. The highest BCUT2D eigenvalue weighted by Gasteiger charge is 2.21. The second kappa shape index (κ2) is 5.65. The van der Waals surface area contributed by atoms with Gasteiger partial charge in [0.2, 0.25) is 0 Å². The van der Waals surface area contributed by atoms with Crippen molar-refractivity contribution < 1.29 is 13.9 Å². The lowest BCUT2D eigenvalue weighted by molar-refractivity contribution is -0.142. The van der Waals surface area contributed by atoms with E-state index in [1.807, 2.05) is 30.3 Å². The Balaban J connectivity index is 2.47. The van der Waals surface area contributed by atoms with Gasteiger partial charge in [-0.25, -0.2) is 4.39 Å². The van der Waals surface area contributed by atoms with E-state index in [0.717, 1.165) is 5.56 Å². The highest BCUT2D eigenvalue weighted by molar-refractivity contribution is 5.78. The van der Waals surface area contributed by atoms with Crippen LogP contribution in [0.25, 0.3) is 11.1 Å². The molecule has 0 bridgehead atoms. The van der Waals surface area contributed by atoms with Gasteiger partial charge >= 0.3 is 5.97 Å². The van der Waals surface area contributed by atoms with E-state index in [9.17, 15) is 9.18 Å². The average molecular weight is 258 g/mol. The van der Waals surface area contributed by atoms with Crippen LogP contribution in [0.5, 0.6) is 0 Å². The van der Waals surface area contributed by atoms with Crippen LogP contribution >= 0.6 is 0 Å². The lowest BCUT2D eigenvalue weighted by atomic mass is 9.95. The molecule has 98 valence electrons. The molecule has 19 heavy (non-hydrogen) atoms.